The fourth-order valence-corrected chi connectivity index (χ4v) is 2.73. The molecule has 0 radical (unpaired) electrons. The van der Waals surface area contributed by atoms with Gasteiger partial charge in [-0.3, -0.25) is 4.79 Å². The highest BCUT2D eigenvalue weighted by Gasteiger charge is 2.15. The number of thioether (sulfide) groups is 1. The minimum Gasteiger partial charge on any atom is -0.325 e. The topological polar surface area (TPSA) is 29.1 Å². The minimum atomic E-state index is -0.0129. The zero-order valence-electron chi connectivity index (χ0n) is 10.8. The standard InChI is InChI=1S/C13H19NOS/c1-7-8(2)10(4)13(16-6)12(9(7)3)14-11(5)15/h1-6H3,(H,14,15). The number of carbonyl (C=O) groups is 1. The Balaban J connectivity index is 3.50. The molecule has 1 amide bonds. The van der Waals surface area contributed by atoms with Gasteiger partial charge in [0, 0.05) is 11.8 Å². The highest BCUT2D eigenvalue weighted by atomic mass is 32.2. The molecule has 0 spiro atoms. The van der Waals surface area contributed by atoms with Gasteiger partial charge in [-0.15, -0.1) is 11.8 Å². The van der Waals surface area contributed by atoms with Crippen molar-refractivity contribution >= 4 is 23.4 Å². The monoisotopic (exact) mass is 237 g/mol. The minimum absolute atomic E-state index is 0.0129. The van der Waals surface area contributed by atoms with Gasteiger partial charge in [0.25, 0.3) is 0 Å². The van der Waals surface area contributed by atoms with Gasteiger partial charge in [-0.05, 0) is 56.2 Å². The van der Waals surface area contributed by atoms with E-state index in [4.69, 9.17) is 0 Å². The molecule has 2 nitrogen and oxygen atoms in total. The van der Waals surface area contributed by atoms with Crippen LogP contribution < -0.4 is 5.32 Å². The molecule has 1 aromatic rings. The maximum atomic E-state index is 11.2. The molecule has 0 aromatic heterocycles. The second kappa shape index (κ2) is 4.91. The lowest BCUT2D eigenvalue weighted by Gasteiger charge is -2.19. The van der Waals surface area contributed by atoms with Crippen molar-refractivity contribution in [1.29, 1.82) is 0 Å². The van der Waals surface area contributed by atoms with Crippen LogP contribution in [-0.4, -0.2) is 12.2 Å². The first-order valence-electron chi connectivity index (χ1n) is 5.32. The Morgan fingerprint density at radius 1 is 1.00 bits per heavy atom. The second-order valence-electron chi connectivity index (χ2n) is 4.09. The van der Waals surface area contributed by atoms with Gasteiger partial charge in [0.15, 0.2) is 0 Å². The number of hydrogen-bond donors (Lipinski definition) is 1. The Labute approximate surface area is 102 Å². The van der Waals surface area contributed by atoms with E-state index < -0.39 is 0 Å². The summed E-state index contributed by atoms with van der Waals surface area (Å²) in [5, 5.41) is 2.94. The van der Waals surface area contributed by atoms with E-state index in [9.17, 15) is 4.79 Å². The van der Waals surface area contributed by atoms with Crippen LogP contribution in [0.3, 0.4) is 0 Å². The maximum absolute atomic E-state index is 11.2. The summed E-state index contributed by atoms with van der Waals surface area (Å²) in [6.45, 7) is 9.96. The Bertz CT molecular complexity index is 438. The summed E-state index contributed by atoms with van der Waals surface area (Å²) >= 11 is 1.69. The number of rotatable bonds is 2. The Kier molecular flexibility index (Phi) is 4.03. The second-order valence-corrected chi connectivity index (χ2v) is 4.91. The highest BCUT2D eigenvalue weighted by molar-refractivity contribution is 7.98. The lowest BCUT2D eigenvalue weighted by atomic mass is 9.97. The normalized spacial score (nSPS) is 10.4. The van der Waals surface area contributed by atoms with Gasteiger partial charge in [-0.2, -0.15) is 0 Å². The van der Waals surface area contributed by atoms with Crippen molar-refractivity contribution < 1.29 is 4.79 Å². The maximum Gasteiger partial charge on any atom is 0.221 e. The van der Waals surface area contributed by atoms with Crippen LogP contribution in [0.25, 0.3) is 0 Å². The first-order valence-corrected chi connectivity index (χ1v) is 6.54. The van der Waals surface area contributed by atoms with Crippen LogP contribution in [0.4, 0.5) is 5.69 Å². The molecule has 1 aromatic carbocycles. The molecule has 0 aliphatic rings. The molecule has 1 N–H and O–H groups in total. The Morgan fingerprint density at radius 2 is 1.50 bits per heavy atom. The summed E-state index contributed by atoms with van der Waals surface area (Å²) in [6, 6.07) is 0. The van der Waals surface area contributed by atoms with E-state index in [1.165, 1.54) is 27.1 Å². The number of hydrogen-bond acceptors (Lipinski definition) is 2. The van der Waals surface area contributed by atoms with Crippen molar-refractivity contribution in [2.75, 3.05) is 11.6 Å². The van der Waals surface area contributed by atoms with Crippen LogP contribution in [0.15, 0.2) is 4.90 Å². The molecule has 0 bridgehead atoms. The molecule has 0 atom stereocenters. The summed E-state index contributed by atoms with van der Waals surface area (Å²) in [7, 11) is 0. The van der Waals surface area contributed by atoms with Crippen LogP contribution in [0.5, 0.6) is 0 Å². The SMILES string of the molecule is CSc1c(C)c(C)c(C)c(C)c1NC(C)=O. The van der Waals surface area contributed by atoms with E-state index in [-0.39, 0.29) is 5.91 Å². The van der Waals surface area contributed by atoms with Crippen molar-refractivity contribution in [2.24, 2.45) is 0 Å². The number of carbonyl (C=O) groups excluding carboxylic acids is 1. The van der Waals surface area contributed by atoms with Gasteiger partial charge in [-0.1, -0.05) is 0 Å². The van der Waals surface area contributed by atoms with Crippen LogP contribution >= 0.6 is 11.8 Å². The molecular weight excluding hydrogens is 218 g/mol. The molecule has 3 heteroatoms. The van der Waals surface area contributed by atoms with E-state index in [0.717, 1.165) is 5.69 Å². The molecule has 0 fully saturated rings. The van der Waals surface area contributed by atoms with Crippen molar-refractivity contribution in [3.05, 3.63) is 22.3 Å². The van der Waals surface area contributed by atoms with E-state index in [1.54, 1.807) is 18.7 Å². The number of anilines is 1. The van der Waals surface area contributed by atoms with Gasteiger partial charge in [0.1, 0.15) is 0 Å². The molecule has 1 rings (SSSR count). The summed E-state index contributed by atoms with van der Waals surface area (Å²) in [4.78, 5) is 12.4. The van der Waals surface area contributed by atoms with Crippen molar-refractivity contribution in [3.63, 3.8) is 0 Å². The molecule has 0 aliphatic heterocycles. The summed E-state index contributed by atoms with van der Waals surface area (Å²) in [5.41, 5.74) is 5.98. The first-order chi connectivity index (χ1) is 7.40. The fourth-order valence-electron chi connectivity index (χ4n) is 1.86. The predicted molar refractivity (Wildman–Crippen MR) is 71.5 cm³/mol. The number of nitrogens with one attached hydrogen (secondary N) is 1. The van der Waals surface area contributed by atoms with E-state index in [2.05, 4.69) is 33.0 Å². The van der Waals surface area contributed by atoms with Gasteiger partial charge in [-0.25, -0.2) is 0 Å². The zero-order valence-corrected chi connectivity index (χ0v) is 11.6. The van der Waals surface area contributed by atoms with Crippen LogP contribution in [0, 0.1) is 27.7 Å². The average Bonchev–Trinajstić information content (AvgIpc) is 2.23. The lowest BCUT2D eigenvalue weighted by Crippen LogP contribution is -2.10. The molecule has 88 valence electrons. The number of amides is 1. The van der Waals surface area contributed by atoms with Crippen molar-refractivity contribution in [1.82, 2.24) is 0 Å². The van der Waals surface area contributed by atoms with Gasteiger partial charge >= 0.3 is 0 Å². The Morgan fingerprint density at radius 3 is 1.94 bits per heavy atom. The van der Waals surface area contributed by atoms with Crippen molar-refractivity contribution in [3.8, 4) is 0 Å². The summed E-state index contributed by atoms with van der Waals surface area (Å²) < 4.78 is 0. The fraction of sp³-hybridized carbons (Fsp3) is 0.462. The Hall–Kier alpha value is -0.960. The van der Waals surface area contributed by atoms with Crippen LogP contribution in [-0.2, 0) is 4.79 Å². The quantitative estimate of drug-likeness (QED) is 0.796. The van der Waals surface area contributed by atoms with Gasteiger partial charge in [0.2, 0.25) is 5.91 Å². The van der Waals surface area contributed by atoms with Crippen molar-refractivity contribution in [2.45, 2.75) is 39.5 Å². The molecule has 0 saturated carbocycles. The zero-order chi connectivity index (χ0) is 12.5. The molecule has 0 saturated heterocycles. The smallest absolute Gasteiger partial charge is 0.221 e. The number of benzene rings is 1. The lowest BCUT2D eigenvalue weighted by molar-refractivity contribution is -0.114. The third-order valence-corrected chi connectivity index (χ3v) is 4.05. The largest absolute Gasteiger partial charge is 0.325 e. The average molecular weight is 237 g/mol. The van der Waals surface area contributed by atoms with E-state index in [1.807, 2.05) is 6.26 Å². The van der Waals surface area contributed by atoms with E-state index in [0.29, 0.717) is 0 Å². The predicted octanol–water partition coefficient (Wildman–Crippen LogP) is 3.60. The van der Waals surface area contributed by atoms with Crippen LogP contribution in [0.2, 0.25) is 0 Å². The molecule has 16 heavy (non-hydrogen) atoms. The summed E-state index contributed by atoms with van der Waals surface area (Å²) in [6.07, 6.45) is 2.04. The molecule has 0 aliphatic carbocycles. The molecular formula is C13H19NOS. The third kappa shape index (κ3) is 2.24. The molecule has 0 unspecified atom stereocenters. The highest BCUT2D eigenvalue weighted by Crippen LogP contribution is 2.36. The molecule has 0 heterocycles. The van der Waals surface area contributed by atoms with Gasteiger partial charge in [0.05, 0.1) is 5.69 Å². The third-order valence-electron chi connectivity index (χ3n) is 3.14. The van der Waals surface area contributed by atoms with Crippen LogP contribution in [0.1, 0.15) is 29.2 Å². The summed E-state index contributed by atoms with van der Waals surface area (Å²) in [5.74, 6) is -0.0129. The van der Waals surface area contributed by atoms with E-state index >= 15 is 0 Å². The first kappa shape index (κ1) is 13.1. The van der Waals surface area contributed by atoms with Gasteiger partial charge < -0.3 is 5.32 Å².